The molecule has 4 heteroatoms. The Morgan fingerprint density at radius 2 is 1.94 bits per heavy atom. The number of amides is 1. The molecule has 18 heavy (non-hydrogen) atoms. The van der Waals surface area contributed by atoms with Crippen LogP contribution in [-0.4, -0.2) is 24.5 Å². The highest BCUT2D eigenvalue weighted by Crippen LogP contribution is 2.17. The molecule has 0 unspecified atom stereocenters. The predicted molar refractivity (Wildman–Crippen MR) is 69.9 cm³/mol. The number of esters is 1. The van der Waals surface area contributed by atoms with Crippen LogP contribution in [0.5, 0.6) is 0 Å². The molecule has 1 aliphatic rings. The van der Waals surface area contributed by atoms with E-state index in [1.807, 2.05) is 6.92 Å². The van der Waals surface area contributed by atoms with E-state index in [1.54, 1.807) is 18.2 Å². The summed E-state index contributed by atoms with van der Waals surface area (Å²) in [5, 5.41) is 2.89. The first-order chi connectivity index (χ1) is 8.72. The Bertz CT molecular complexity index is 328. The van der Waals surface area contributed by atoms with Crippen molar-refractivity contribution >= 4 is 11.9 Å². The minimum absolute atomic E-state index is 0.199. The third kappa shape index (κ3) is 6.23. The largest absolute Gasteiger partial charge is 0.452 e. The molecule has 0 heterocycles. The highest BCUT2D eigenvalue weighted by Gasteiger charge is 2.15. The van der Waals surface area contributed by atoms with Gasteiger partial charge in [-0.1, -0.05) is 37.5 Å². The summed E-state index contributed by atoms with van der Waals surface area (Å²) in [5.41, 5.74) is 0. The molecule has 0 atom stereocenters. The van der Waals surface area contributed by atoms with Crippen LogP contribution in [0.15, 0.2) is 24.3 Å². The Hall–Kier alpha value is -1.58. The number of nitrogens with one attached hydrogen (secondary N) is 1. The topological polar surface area (TPSA) is 55.4 Å². The zero-order chi connectivity index (χ0) is 13.2. The number of ether oxygens (including phenoxy) is 1. The third-order valence-corrected chi connectivity index (χ3v) is 2.85. The zero-order valence-corrected chi connectivity index (χ0v) is 10.9. The molecular weight excluding hydrogens is 230 g/mol. The predicted octanol–water partition coefficient (Wildman–Crippen LogP) is 2.11. The second-order valence-corrected chi connectivity index (χ2v) is 4.40. The molecule has 0 bridgehead atoms. The first kappa shape index (κ1) is 14.5. The number of carbonyl (C=O) groups is 2. The minimum Gasteiger partial charge on any atom is -0.452 e. The molecule has 0 radical (unpaired) electrons. The van der Waals surface area contributed by atoms with Crippen molar-refractivity contribution in [3.8, 4) is 0 Å². The molecule has 1 saturated carbocycles. The van der Waals surface area contributed by atoms with Gasteiger partial charge in [-0.15, -0.1) is 0 Å². The number of rotatable bonds is 5. The van der Waals surface area contributed by atoms with Crippen molar-refractivity contribution in [2.75, 3.05) is 6.61 Å². The van der Waals surface area contributed by atoms with Gasteiger partial charge < -0.3 is 10.1 Å². The fraction of sp³-hybridized carbons (Fsp3) is 0.571. The van der Waals surface area contributed by atoms with Gasteiger partial charge in [0, 0.05) is 12.1 Å². The van der Waals surface area contributed by atoms with Gasteiger partial charge in [0.1, 0.15) is 0 Å². The standard InChI is InChI=1S/C14H21NO3/c1-2-3-5-10-14(17)18-11-13(16)15-12-8-6-4-7-9-12/h2-3,5,10,12H,4,6-9,11H2,1H3,(H,15,16)/b3-2+,10-5+. The SMILES string of the molecule is C/C=C/C=C/C(=O)OCC(=O)NC1CCCCC1. The van der Waals surface area contributed by atoms with Crippen molar-refractivity contribution in [1.29, 1.82) is 0 Å². The highest BCUT2D eigenvalue weighted by molar-refractivity contribution is 5.85. The van der Waals surface area contributed by atoms with E-state index in [1.165, 1.54) is 12.5 Å². The van der Waals surface area contributed by atoms with E-state index in [9.17, 15) is 9.59 Å². The molecule has 4 nitrogen and oxygen atoms in total. The molecule has 100 valence electrons. The van der Waals surface area contributed by atoms with Gasteiger partial charge in [0.25, 0.3) is 5.91 Å². The van der Waals surface area contributed by atoms with Gasteiger partial charge >= 0.3 is 5.97 Å². The van der Waals surface area contributed by atoms with Crippen LogP contribution in [-0.2, 0) is 14.3 Å². The van der Waals surface area contributed by atoms with Gasteiger partial charge in [-0.2, -0.15) is 0 Å². The molecule has 0 saturated heterocycles. The van der Waals surface area contributed by atoms with Gasteiger partial charge in [-0.3, -0.25) is 4.79 Å². The lowest BCUT2D eigenvalue weighted by Gasteiger charge is -2.22. The molecule has 1 amide bonds. The lowest BCUT2D eigenvalue weighted by atomic mass is 9.95. The van der Waals surface area contributed by atoms with Crippen LogP contribution in [0.3, 0.4) is 0 Å². The molecule has 0 aromatic heterocycles. The van der Waals surface area contributed by atoms with Crippen LogP contribution in [0, 0.1) is 0 Å². The summed E-state index contributed by atoms with van der Waals surface area (Å²) in [6.07, 6.45) is 12.0. The molecule has 1 fully saturated rings. The Morgan fingerprint density at radius 1 is 1.22 bits per heavy atom. The monoisotopic (exact) mass is 251 g/mol. The second kappa shape index (κ2) is 8.50. The van der Waals surface area contributed by atoms with E-state index in [0.717, 1.165) is 25.7 Å². The molecule has 1 N–H and O–H groups in total. The average Bonchev–Trinajstić information content (AvgIpc) is 2.38. The summed E-state index contributed by atoms with van der Waals surface area (Å²) in [7, 11) is 0. The van der Waals surface area contributed by atoms with Crippen molar-refractivity contribution in [1.82, 2.24) is 5.32 Å². The summed E-state index contributed by atoms with van der Waals surface area (Å²) in [6.45, 7) is 1.66. The van der Waals surface area contributed by atoms with Crippen LogP contribution in [0.25, 0.3) is 0 Å². The molecule has 1 rings (SSSR count). The first-order valence-corrected chi connectivity index (χ1v) is 6.48. The van der Waals surface area contributed by atoms with Crippen molar-refractivity contribution in [2.24, 2.45) is 0 Å². The van der Waals surface area contributed by atoms with Gasteiger partial charge in [0.05, 0.1) is 0 Å². The lowest BCUT2D eigenvalue weighted by Crippen LogP contribution is -2.38. The molecule has 0 aromatic carbocycles. The maximum absolute atomic E-state index is 11.5. The summed E-state index contributed by atoms with van der Waals surface area (Å²) >= 11 is 0. The summed E-state index contributed by atoms with van der Waals surface area (Å²) < 4.78 is 4.82. The van der Waals surface area contributed by atoms with E-state index in [-0.39, 0.29) is 18.6 Å². The quantitative estimate of drug-likeness (QED) is 0.462. The minimum atomic E-state index is -0.494. The van der Waals surface area contributed by atoms with E-state index in [4.69, 9.17) is 4.74 Å². The fourth-order valence-corrected chi connectivity index (χ4v) is 1.95. The van der Waals surface area contributed by atoms with Gasteiger partial charge in [0.2, 0.25) is 0 Å². The van der Waals surface area contributed by atoms with Gasteiger partial charge in [0.15, 0.2) is 6.61 Å². The maximum atomic E-state index is 11.5. The van der Waals surface area contributed by atoms with Crippen LogP contribution in [0.1, 0.15) is 39.0 Å². The third-order valence-electron chi connectivity index (χ3n) is 2.85. The fourth-order valence-electron chi connectivity index (χ4n) is 1.95. The Balaban J connectivity index is 2.17. The Morgan fingerprint density at radius 3 is 2.61 bits per heavy atom. The van der Waals surface area contributed by atoms with Crippen LogP contribution >= 0.6 is 0 Å². The van der Waals surface area contributed by atoms with Crippen LogP contribution in [0.2, 0.25) is 0 Å². The average molecular weight is 251 g/mol. The van der Waals surface area contributed by atoms with E-state index in [2.05, 4.69) is 5.32 Å². The smallest absolute Gasteiger partial charge is 0.331 e. The van der Waals surface area contributed by atoms with Crippen LogP contribution in [0.4, 0.5) is 0 Å². The van der Waals surface area contributed by atoms with Gasteiger partial charge in [-0.25, -0.2) is 4.79 Å². The number of carbonyl (C=O) groups excluding carboxylic acids is 2. The lowest BCUT2D eigenvalue weighted by molar-refractivity contribution is -0.144. The Labute approximate surface area is 108 Å². The van der Waals surface area contributed by atoms with E-state index in [0.29, 0.717) is 0 Å². The molecule has 0 spiro atoms. The van der Waals surface area contributed by atoms with Crippen molar-refractivity contribution in [2.45, 2.75) is 45.1 Å². The second-order valence-electron chi connectivity index (χ2n) is 4.40. The highest BCUT2D eigenvalue weighted by atomic mass is 16.5. The van der Waals surface area contributed by atoms with E-state index >= 15 is 0 Å². The number of allylic oxidation sites excluding steroid dienone is 3. The molecular formula is C14H21NO3. The van der Waals surface area contributed by atoms with Gasteiger partial charge in [-0.05, 0) is 19.8 Å². The molecule has 1 aliphatic carbocycles. The number of hydrogen-bond acceptors (Lipinski definition) is 3. The van der Waals surface area contributed by atoms with Crippen LogP contribution < -0.4 is 5.32 Å². The normalized spacial score (nSPS) is 17.2. The van der Waals surface area contributed by atoms with Crippen molar-refractivity contribution in [3.63, 3.8) is 0 Å². The zero-order valence-electron chi connectivity index (χ0n) is 10.9. The summed E-state index contributed by atoms with van der Waals surface area (Å²) in [4.78, 5) is 22.7. The van der Waals surface area contributed by atoms with Crippen molar-refractivity contribution < 1.29 is 14.3 Å². The molecule has 0 aromatic rings. The summed E-state index contributed by atoms with van der Waals surface area (Å²) in [6, 6.07) is 0.253. The maximum Gasteiger partial charge on any atom is 0.331 e. The molecule has 0 aliphatic heterocycles. The van der Waals surface area contributed by atoms with E-state index < -0.39 is 5.97 Å². The van der Waals surface area contributed by atoms with Crippen molar-refractivity contribution in [3.05, 3.63) is 24.3 Å². The first-order valence-electron chi connectivity index (χ1n) is 6.48. The number of hydrogen-bond donors (Lipinski definition) is 1. The Kier molecular flexibility index (Phi) is 6.84. The summed E-state index contributed by atoms with van der Waals surface area (Å²) in [5.74, 6) is -0.707.